The first-order valence-electron chi connectivity index (χ1n) is 7.31. The zero-order chi connectivity index (χ0) is 17.3. The van der Waals surface area contributed by atoms with Crippen LogP contribution in [0, 0.1) is 6.92 Å². The molecule has 0 aliphatic rings. The fourth-order valence-electron chi connectivity index (χ4n) is 2.44. The lowest BCUT2D eigenvalue weighted by Gasteiger charge is -2.03. The normalized spacial score (nSPS) is 10.8. The number of carbonyl (C=O) groups excluding carboxylic acids is 2. The Morgan fingerprint density at radius 1 is 1.08 bits per heavy atom. The van der Waals surface area contributed by atoms with Crippen molar-refractivity contribution in [1.82, 2.24) is 4.57 Å². The molecule has 0 aliphatic heterocycles. The van der Waals surface area contributed by atoms with E-state index in [1.54, 1.807) is 18.2 Å². The van der Waals surface area contributed by atoms with Gasteiger partial charge in [0.15, 0.2) is 11.4 Å². The second kappa shape index (κ2) is 6.16. The summed E-state index contributed by atoms with van der Waals surface area (Å²) in [6.07, 6.45) is 0. The number of ketones is 1. The van der Waals surface area contributed by atoms with Gasteiger partial charge in [0.05, 0.1) is 24.7 Å². The number of ether oxygens (including phenoxy) is 1. The van der Waals surface area contributed by atoms with Gasteiger partial charge in [0.1, 0.15) is 0 Å². The molecule has 0 atom stereocenters. The van der Waals surface area contributed by atoms with E-state index in [1.165, 1.54) is 23.8 Å². The van der Waals surface area contributed by atoms with Crippen molar-refractivity contribution in [2.24, 2.45) is 0 Å². The molecular formula is C18H15NO5. The van der Waals surface area contributed by atoms with Crippen LogP contribution in [0.2, 0.25) is 0 Å². The van der Waals surface area contributed by atoms with Gasteiger partial charge < -0.3 is 9.15 Å². The first-order valence-corrected chi connectivity index (χ1v) is 7.31. The van der Waals surface area contributed by atoms with Crippen LogP contribution >= 0.6 is 0 Å². The molecule has 0 bridgehead atoms. The largest absolute Gasteiger partial charge is 0.465 e. The molecule has 6 nitrogen and oxygen atoms in total. The van der Waals surface area contributed by atoms with Gasteiger partial charge in [-0.3, -0.25) is 9.36 Å². The van der Waals surface area contributed by atoms with Crippen molar-refractivity contribution in [3.63, 3.8) is 0 Å². The zero-order valence-electron chi connectivity index (χ0n) is 13.2. The minimum atomic E-state index is -0.646. The molecule has 0 spiro atoms. The summed E-state index contributed by atoms with van der Waals surface area (Å²) in [4.78, 5) is 35.9. The van der Waals surface area contributed by atoms with E-state index in [2.05, 4.69) is 4.74 Å². The van der Waals surface area contributed by atoms with Gasteiger partial charge in [0.25, 0.3) is 0 Å². The number of hydrogen-bond donors (Lipinski definition) is 0. The molecule has 0 saturated heterocycles. The number of carbonyl (C=O) groups is 2. The summed E-state index contributed by atoms with van der Waals surface area (Å²) < 4.78 is 11.0. The van der Waals surface area contributed by atoms with Gasteiger partial charge in [-0.15, -0.1) is 0 Å². The molecule has 0 N–H and O–H groups in total. The molecule has 0 aliphatic carbocycles. The van der Waals surface area contributed by atoms with Gasteiger partial charge in [-0.2, -0.15) is 0 Å². The lowest BCUT2D eigenvalue weighted by atomic mass is 10.1. The Morgan fingerprint density at radius 3 is 2.42 bits per heavy atom. The molecule has 3 rings (SSSR count). The molecule has 3 aromatic rings. The molecule has 0 radical (unpaired) electrons. The van der Waals surface area contributed by atoms with E-state index < -0.39 is 11.7 Å². The molecular weight excluding hydrogens is 310 g/mol. The van der Waals surface area contributed by atoms with E-state index in [4.69, 9.17) is 4.42 Å². The Hall–Kier alpha value is -3.15. The third kappa shape index (κ3) is 2.86. The van der Waals surface area contributed by atoms with Crippen LogP contribution in [-0.4, -0.2) is 23.4 Å². The number of esters is 1. The standard InChI is InChI=1S/C18H15NO5/c1-11-3-5-12(6-4-11)15(20)10-19-14-8-7-13(17(21)23-2)9-16(14)24-18(19)22/h3-9H,10H2,1-2H3. The van der Waals surface area contributed by atoms with Gasteiger partial charge in [-0.25, -0.2) is 9.59 Å². The van der Waals surface area contributed by atoms with Crippen LogP contribution in [0.3, 0.4) is 0 Å². The number of aromatic nitrogens is 1. The van der Waals surface area contributed by atoms with Gasteiger partial charge in [0.2, 0.25) is 0 Å². The summed E-state index contributed by atoms with van der Waals surface area (Å²) in [5.74, 6) is -1.37. The van der Waals surface area contributed by atoms with E-state index >= 15 is 0 Å². The Kier molecular flexibility index (Phi) is 4.04. The molecule has 24 heavy (non-hydrogen) atoms. The minimum Gasteiger partial charge on any atom is -0.465 e. The third-order valence-electron chi connectivity index (χ3n) is 3.76. The molecule has 1 aromatic heterocycles. The second-order valence-corrected chi connectivity index (χ2v) is 5.42. The number of rotatable bonds is 4. The number of hydrogen-bond acceptors (Lipinski definition) is 5. The second-order valence-electron chi connectivity index (χ2n) is 5.42. The number of nitrogens with zero attached hydrogens (tertiary/aromatic N) is 1. The van der Waals surface area contributed by atoms with Crippen LogP contribution in [-0.2, 0) is 11.3 Å². The van der Waals surface area contributed by atoms with Crippen LogP contribution in [0.4, 0.5) is 0 Å². The third-order valence-corrected chi connectivity index (χ3v) is 3.76. The maximum atomic E-state index is 12.4. The smallest absolute Gasteiger partial charge is 0.420 e. The summed E-state index contributed by atoms with van der Waals surface area (Å²) in [6, 6.07) is 11.6. The number of aryl methyl sites for hydroxylation is 1. The van der Waals surface area contributed by atoms with Crippen LogP contribution in [0.5, 0.6) is 0 Å². The minimum absolute atomic E-state index is 0.132. The lowest BCUT2D eigenvalue weighted by Crippen LogP contribution is -2.20. The van der Waals surface area contributed by atoms with Crippen molar-refractivity contribution in [2.75, 3.05) is 7.11 Å². The summed E-state index contributed by atoms with van der Waals surface area (Å²) in [6.45, 7) is 1.80. The molecule has 0 unspecified atom stereocenters. The quantitative estimate of drug-likeness (QED) is 0.544. The van der Waals surface area contributed by atoms with Crippen molar-refractivity contribution in [3.8, 4) is 0 Å². The highest BCUT2D eigenvalue weighted by atomic mass is 16.5. The molecule has 1 heterocycles. The highest BCUT2D eigenvalue weighted by molar-refractivity contribution is 5.97. The predicted molar refractivity (Wildman–Crippen MR) is 87.3 cm³/mol. The molecule has 0 fully saturated rings. The molecule has 122 valence electrons. The SMILES string of the molecule is COC(=O)c1ccc2c(c1)oc(=O)n2CC(=O)c1ccc(C)cc1. The fraction of sp³-hybridized carbons (Fsp3) is 0.167. The average molecular weight is 325 g/mol. The highest BCUT2D eigenvalue weighted by Gasteiger charge is 2.16. The van der Waals surface area contributed by atoms with E-state index in [0.717, 1.165) is 5.56 Å². The molecule has 2 aromatic carbocycles. The number of oxazole rings is 1. The van der Waals surface area contributed by atoms with Crippen LogP contribution in [0.15, 0.2) is 51.7 Å². The number of Topliss-reactive ketones (excluding diaryl/α,β-unsaturated/α-hetero) is 1. The van der Waals surface area contributed by atoms with Crippen molar-refractivity contribution >= 4 is 22.9 Å². The Bertz CT molecular complexity index is 979. The van der Waals surface area contributed by atoms with Crippen molar-refractivity contribution in [2.45, 2.75) is 13.5 Å². The average Bonchev–Trinajstić information content (AvgIpc) is 2.89. The van der Waals surface area contributed by atoms with E-state index in [1.807, 2.05) is 19.1 Å². The van der Waals surface area contributed by atoms with Crippen molar-refractivity contribution in [1.29, 1.82) is 0 Å². The van der Waals surface area contributed by atoms with Crippen molar-refractivity contribution < 1.29 is 18.7 Å². The topological polar surface area (TPSA) is 78.5 Å². The van der Waals surface area contributed by atoms with Crippen molar-refractivity contribution in [3.05, 3.63) is 69.7 Å². The van der Waals surface area contributed by atoms with E-state index in [-0.39, 0.29) is 23.5 Å². The zero-order valence-corrected chi connectivity index (χ0v) is 13.2. The van der Waals surface area contributed by atoms with Gasteiger partial charge in [-0.05, 0) is 25.1 Å². The number of fused-ring (bicyclic) bond motifs is 1. The van der Waals surface area contributed by atoms with Gasteiger partial charge in [0, 0.05) is 5.56 Å². The molecule has 0 saturated carbocycles. The maximum Gasteiger partial charge on any atom is 0.420 e. The van der Waals surface area contributed by atoms with Crippen LogP contribution in [0.25, 0.3) is 11.1 Å². The highest BCUT2D eigenvalue weighted by Crippen LogP contribution is 2.16. The molecule has 0 amide bonds. The fourth-order valence-corrected chi connectivity index (χ4v) is 2.44. The maximum absolute atomic E-state index is 12.4. The summed E-state index contributed by atoms with van der Waals surface area (Å²) in [5, 5.41) is 0. The van der Waals surface area contributed by atoms with Gasteiger partial charge in [-0.1, -0.05) is 29.8 Å². The Balaban J connectivity index is 1.96. The first kappa shape index (κ1) is 15.7. The van der Waals surface area contributed by atoms with E-state index in [0.29, 0.717) is 11.1 Å². The van der Waals surface area contributed by atoms with E-state index in [9.17, 15) is 14.4 Å². The Morgan fingerprint density at radius 2 is 1.75 bits per heavy atom. The lowest BCUT2D eigenvalue weighted by molar-refractivity contribution is 0.0600. The predicted octanol–water partition coefficient (Wildman–Crippen LogP) is 2.57. The van der Waals surface area contributed by atoms with Crippen LogP contribution < -0.4 is 5.76 Å². The molecule has 6 heteroatoms. The summed E-state index contributed by atoms with van der Waals surface area (Å²) in [5.41, 5.74) is 2.53. The summed E-state index contributed by atoms with van der Waals surface area (Å²) in [7, 11) is 1.27. The number of methoxy groups -OCH3 is 1. The Labute approximate surface area is 137 Å². The monoisotopic (exact) mass is 325 g/mol. The van der Waals surface area contributed by atoms with Crippen LogP contribution in [0.1, 0.15) is 26.3 Å². The first-order chi connectivity index (χ1) is 11.5. The summed E-state index contributed by atoms with van der Waals surface area (Å²) >= 11 is 0. The number of benzene rings is 2. The van der Waals surface area contributed by atoms with Gasteiger partial charge >= 0.3 is 11.7 Å².